The number of aromatic nitrogens is 2. The number of amides is 1. The molecule has 1 aliphatic heterocycles. The maximum absolute atomic E-state index is 13.1. The molecule has 1 aliphatic rings. The summed E-state index contributed by atoms with van der Waals surface area (Å²) in [6.45, 7) is 0.898. The summed E-state index contributed by atoms with van der Waals surface area (Å²) in [6.07, 6.45) is -1.51. The first-order valence-corrected chi connectivity index (χ1v) is 8.97. The third-order valence-corrected chi connectivity index (χ3v) is 4.89. The van der Waals surface area contributed by atoms with Gasteiger partial charge < -0.3 is 10.2 Å². The molecule has 3 rings (SSSR count). The third-order valence-electron chi connectivity index (χ3n) is 4.89. The molecule has 2 aromatic rings. The van der Waals surface area contributed by atoms with Gasteiger partial charge in [0.25, 0.3) is 5.56 Å². The minimum atomic E-state index is -4.46. The topological polar surface area (TPSA) is 67.2 Å². The Morgan fingerprint density at radius 1 is 1.32 bits per heavy atom. The second-order valence-electron chi connectivity index (χ2n) is 6.83. The lowest BCUT2D eigenvalue weighted by atomic mass is 9.96. The summed E-state index contributed by atoms with van der Waals surface area (Å²) in [5, 5.41) is 6.61. The highest BCUT2D eigenvalue weighted by Crippen LogP contribution is 2.31. The molecule has 0 spiro atoms. The molecule has 0 aliphatic carbocycles. The molecule has 0 saturated carbocycles. The summed E-state index contributed by atoms with van der Waals surface area (Å²) in [5.41, 5.74) is -0.311. The number of aryl methyl sites for hydroxylation is 1. The monoisotopic (exact) mass is 394 g/mol. The van der Waals surface area contributed by atoms with E-state index in [9.17, 15) is 22.8 Å². The van der Waals surface area contributed by atoms with Gasteiger partial charge in [0, 0.05) is 32.7 Å². The van der Waals surface area contributed by atoms with Gasteiger partial charge in [0.15, 0.2) is 0 Å². The van der Waals surface area contributed by atoms with Crippen LogP contribution in [0.15, 0.2) is 41.3 Å². The maximum Gasteiger partial charge on any atom is 0.416 e. The fourth-order valence-corrected chi connectivity index (χ4v) is 3.34. The number of hydrogen-bond donors (Lipinski definition) is 1. The van der Waals surface area contributed by atoms with Gasteiger partial charge in [0.2, 0.25) is 5.91 Å². The van der Waals surface area contributed by atoms with E-state index in [1.54, 1.807) is 13.2 Å². The van der Waals surface area contributed by atoms with Crippen molar-refractivity contribution in [2.75, 3.05) is 18.0 Å². The van der Waals surface area contributed by atoms with Crippen LogP contribution in [-0.2, 0) is 24.6 Å². The molecule has 1 fully saturated rings. The van der Waals surface area contributed by atoms with Crippen LogP contribution in [-0.4, -0.2) is 28.8 Å². The molecule has 6 nitrogen and oxygen atoms in total. The standard InChI is InChI=1S/C19H21F3N4O2/c1-25-17(27)9-15(11-24-25)26-8-4-6-14(12-26)18(28)23-10-13-5-2-3-7-16(13)19(20,21)22/h2-3,5,7,9,11,14H,4,6,8,10,12H2,1H3,(H,23,28)/t14-/m1/s1. The lowest BCUT2D eigenvalue weighted by Crippen LogP contribution is -2.43. The number of anilines is 1. The Morgan fingerprint density at radius 2 is 2.07 bits per heavy atom. The molecule has 1 aromatic carbocycles. The number of carbonyl (C=O) groups excluding carboxylic acids is 1. The van der Waals surface area contributed by atoms with Gasteiger partial charge in [-0.15, -0.1) is 0 Å². The Balaban J connectivity index is 1.65. The van der Waals surface area contributed by atoms with Crippen molar-refractivity contribution in [3.63, 3.8) is 0 Å². The number of halogens is 3. The van der Waals surface area contributed by atoms with Crippen LogP contribution in [0.2, 0.25) is 0 Å². The molecule has 28 heavy (non-hydrogen) atoms. The van der Waals surface area contributed by atoms with E-state index in [2.05, 4.69) is 10.4 Å². The number of rotatable bonds is 4. The molecule has 9 heteroatoms. The molecule has 1 amide bonds. The van der Waals surface area contributed by atoms with Gasteiger partial charge in [-0.1, -0.05) is 18.2 Å². The van der Waals surface area contributed by atoms with Crippen LogP contribution < -0.4 is 15.8 Å². The molecule has 1 atom stereocenters. The Morgan fingerprint density at radius 3 is 2.79 bits per heavy atom. The van der Waals surface area contributed by atoms with E-state index >= 15 is 0 Å². The van der Waals surface area contributed by atoms with E-state index < -0.39 is 11.7 Å². The largest absolute Gasteiger partial charge is 0.416 e. The van der Waals surface area contributed by atoms with Crippen molar-refractivity contribution in [1.29, 1.82) is 0 Å². The molecule has 0 unspecified atom stereocenters. The highest BCUT2D eigenvalue weighted by atomic mass is 19.4. The first-order chi connectivity index (χ1) is 13.3. The van der Waals surface area contributed by atoms with Gasteiger partial charge in [0.05, 0.1) is 23.4 Å². The average molecular weight is 394 g/mol. The molecule has 0 radical (unpaired) electrons. The number of alkyl halides is 3. The van der Waals surface area contributed by atoms with Gasteiger partial charge in [-0.05, 0) is 24.5 Å². The van der Waals surface area contributed by atoms with Crippen molar-refractivity contribution in [2.45, 2.75) is 25.6 Å². The zero-order valence-corrected chi connectivity index (χ0v) is 15.4. The van der Waals surface area contributed by atoms with Crippen molar-refractivity contribution < 1.29 is 18.0 Å². The van der Waals surface area contributed by atoms with Crippen LogP contribution in [0.25, 0.3) is 0 Å². The second-order valence-corrected chi connectivity index (χ2v) is 6.83. The Kier molecular flexibility index (Phi) is 5.71. The molecule has 1 saturated heterocycles. The van der Waals surface area contributed by atoms with E-state index in [1.807, 2.05) is 4.90 Å². The summed E-state index contributed by atoms with van der Waals surface area (Å²) in [5.74, 6) is -0.658. The fourth-order valence-electron chi connectivity index (χ4n) is 3.34. The van der Waals surface area contributed by atoms with Gasteiger partial charge in [-0.3, -0.25) is 9.59 Å². The van der Waals surface area contributed by atoms with Crippen LogP contribution in [0, 0.1) is 5.92 Å². The predicted molar refractivity (Wildman–Crippen MR) is 97.7 cm³/mol. The van der Waals surface area contributed by atoms with Crippen LogP contribution >= 0.6 is 0 Å². The molecule has 1 N–H and O–H groups in total. The molecule has 0 bridgehead atoms. The highest BCUT2D eigenvalue weighted by molar-refractivity contribution is 5.79. The Labute approximate surface area is 160 Å². The Bertz CT molecular complexity index is 911. The minimum absolute atomic E-state index is 0.0340. The highest BCUT2D eigenvalue weighted by Gasteiger charge is 2.33. The SMILES string of the molecule is Cn1ncc(N2CCC[C@@H](C(=O)NCc3ccccc3C(F)(F)F)C2)cc1=O. The van der Waals surface area contributed by atoms with Crippen molar-refractivity contribution in [3.8, 4) is 0 Å². The molecule has 150 valence electrons. The normalized spacial score (nSPS) is 17.4. The van der Waals surface area contributed by atoms with Gasteiger partial charge in [-0.2, -0.15) is 18.3 Å². The Hall–Kier alpha value is -2.84. The van der Waals surface area contributed by atoms with Crippen LogP contribution in [0.1, 0.15) is 24.0 Å². The summed E-state index contributed by atoms with van der Waals surface area (Å²) in [6, 6.07) is 6.68. The number of nitrogens with one attached hydrogen (secondary N) is 1. The van der Waals surface area contributed by atoms with E-state index in [-0.39, 0.29) is 29.5 Å². The summed E-state index contributed by atoms with van der Waals surface area (Å²) >= 11 is 0. The zero-order valence-electron chi connectivity index (χ0n) is 15.4. The summed E-state index contributed by atoms with van der Waals surface area (Å²) < 4.78 is 40.4. The number of benzene rings is 1. The third kappa shape index (κ3) is 4.52. The quantitative estimate of drug-likeness (QED) is 0.865. The number of hydrogen-bond acceptors (Lipinski definition) is 4. The van der Waals surface area contributed by atoms with E-state index in [1.165, 1.54) is 28.9 Å². The number of piperidine rings is 1. The summed E-state index contributed by atoms with van der Waals surface area (Å²) in [4.78, 5) is 26.2. The first kappa shape index (κ1) is 19.9. The average Bonchev–Trinajstić information content (AvgIpc) is 2.68. The van der Waals surface area contributed by atoms with Gasteiger partial charge in [0.1, 0.15) is 0 Å². The molecular formula is C19H21F3N4O2. The van der Waals surface area contributed by atoms with Crippen molar-refractivity contribution in [1.82, 2.24) is 15.1 Å². The van der Waals surface area contributed by atoms with Crippen LogP contribution in [0.4, 0.5) is 18.9 Å². The zero-order chi connectivity index (χ0) is 20.3. The van der Waals surface area contributed by atoms with Gasteiger partial charge >= 0.3 is 6.18 Å². The van der Waals surface area contributed by atoms with Crippen LogP contribution in [0.5, 0.6) is 0 Å². The van der Waals surface area contributed by atoms with Gasteiger partial charge in [-0.25, -0.2) is 4.68 Å². The van der Waals surface area contributed by atoms with Crippen LogP contribution in [0.3, 0.4) is 0 Å². The summed E-state index contributed by atoms with van der Waals surface area (Å²) in [7, 11) is 1.55. The maximum atomic E-state index is 13.1. The number of nitrogens with zero attached hydrogens (tertiary/aromatic N) is 3. The van der Waals surface area contributed by atoms with Crippen molar-refractivity contribution in [2.24, 2.45) is 13.0 Å². The van der Waals surface area contributed by atoms with E-state index in [4.69, 9.17) is 0 Å². The minimum Gasteiger partial charge on any atom is -0.369 e. The predicted octanol–water partition coefficient (Wildman–Crippen LogP) is 2.33. The molecule has 1 aromatic heterocycles. The first-order valence-electron chi connectivity index (χ1n) is 8.97. The molecular weight excluding hydrogens is 373 g/mol. The lowest BCUT2D eigenvalue weighted by molar-refractivity contribution is -0.138. The smallest absolute Gasteiger partial charge is 0.369 e. The van der Waals surface area contributed by atoms with Crippen molar-refractivity contribution >= 4 is 11.6 Å². The lowest BCUT2D eigenvalue weighted by Gasteiger charge is -2.33. The van der Waals surface area contributed by atoms with E-state index in [0.29, 0.717) is 25.2 Å². The second kappa shape index (κ2) is 8.04. The number of carbonyl (C=O) groups is 1. The van der Waals surface area contributed by atoms with E-state index in [0.717, 1.165) is 12.5 Å². The fraction of sp³-hybridized carbons (Fsp3) is 0.421. The van der Waals surface area contributed by atoms with Crippen molar-refractivity contribution in [3.05, 3.63) is 58.0 Å². The molecule has 2 heterocycles.